The summed E-state index contributed by atoms with van der Waals surface area (Å²) < 4.78 is 7.29. The maximum Gasteiger partial charge on any atom is 0.194 e. The van der Waals surface area contributed by atoms with Gasteiger partial charge in [0.25, 0.3) is 0 Å². The Morgan fingerprint density at radius 3 is 3.00 bits per heavy atom. The van der Waals surface area contributed by atoms with Gasteiger partial charge in [-0.25, -0.2) is 0 Å². The second-order valence-corrected chi connectivity index (χ2v) is 6.21. The van der Waals surface area contributed by atoms with Gasteiger partial charge in [0.1, 0.15) is 0 Å². The molecule has 2 N–H and O–H groups in total. The number of aromatic nitrogens is 2. The number of aliphatic imine (C=N–C) groups is 1. The Hall–Kier alpha value is -1.60. The van der Waals surface area contributed by atoms with Crippen molar-refractivity contribution in [1.29, 1.82) is 0 Å². The van der Waals surface area contributed by atoms with Gasteiger partial charge in [0.2, 0.25) is 0 Å². The smallest absolute Gasteiger partial charge is 0.194 e. The van der Waals surface area contributed by atoms with Crippen molar-refractivity contribution in [3.8, 4) is 0 Å². The van der Waals surface area contributed by atoms with Gasteiger partial charge in [0, 0.05) is 45.6 Å². The van der Waals surface area contributed by atoms with Crippen LogP contribution in [0, 0.1) is 5.92 Å². The van der Waals surface area contributed by atoms with Crippen LogP contribution in [-0.2, 0) is 18.3 Å². The molecule has 1 heterocycles. The summed E-state index contributed by atoms with van der Waals surface area (Å²) in [4.78, 5) is 6.53. The first-order valence-electron chi connectivity index (χ1n) is 8.31. The van der Waals surface area contributed by atoms with E-state index in [1.807, 2.05) is 38.3 Å². The molecule has 7 nitrogen and oxygen atoms in total. The molecule has 1 saturated carbocycles. The molecule has 1 atom stereocenters. The highest BCUT2D eigenvalue weighted by Crippen LogP contribution is 2.28. The Morgan fingerprint density at radius 2 is 2.39 bits per heavy atom. The van der Waals surface area contributed by atoms with Crippen molar-refractivity contribution in [3.63, 3.8) is 0 Å². The van der Waals surface area contributed by atoms with E-state index in [4.69, 9.17) is 4.74 Å². The SMILES string of the molecule is CCNC(=NCC(O)COCC1CC1)N(C)Cc1cnn(C)c1. The van der Waals surface area contributed by atoms with Crippen molar-refractivity contribution >= 4 is 5.96 Å². The summed E-state index contributed by atoms with van der Waals surface area (Å²) in [6, 6.07) is 0. The third-order valence-electron chi connectivity index (χ3n) is 3.69. The second kappa shape index (κ2) is 8.88. The van der Waals surface area contributed by atoms with E-state index < -0.39 is 6.10 Å². The van der Waals surface area contributed by atoms with Gasteiger partial charge in [0.05, 0.1) is 25.5 Å². The predicted octanol–water partition coefficient (Wildman–Crippen LogP) is 0.605. The Morgan fingerprint density at radius 1 is 1.61 bits per heavy atom. The highest BCUT2D eigenvalue weighted by Gasteiger charge is 2.21. The normalized spacial score (nSPS) is 16.4. The largest absolute Gasteiger partial charge is 0.389 e. The van der Waals surface area contributed by atoms with Gasteiger partial charge < -0.3 is 20.1 Å². The minimum atomic E-state index is -0.561. The molecule has 1 aliphatic carbocycles. The van der Waals surface area contributed by atoms with E-state index in [0.717, 1.165) is 24.7 Å². The molecule has 1 unspecified atom stereocenters. The van der Waals surface area contributed by atoms with Crippen LogP contribution in [0.4, 0.5) is 0 Å². The molecule has 23 heavy (non-hydrogen) atoms. The zero-order chi connectivity index (χ0) is 16.7. The third kappa shape index (κ3) is 6.58. The first kappa shape index (κ1) is 17.7. The van der Waals surface area contributed by atoms with Crippen LogP contribution in [-0.4, -0.2) is 65.2 Å². The summed E-state index contributed by atoms with van der Waals surface area (Å²) in [7, 11) is 3.88. The average Bonchev–Trinajstić information content (AvgIpc) is 3.25. The summed E-state index contributed by atoms with van der Waals surface area (Å²) in [6.45, 7) is 4.99. The molecule has 1 aromatic heterocycles. The zero-order valence-electron chi connectivity index (χ0n) is 14.4. The van der Waals surface area contributed by atoms with Crippen LogP contribution in [0.15, 0.2) is 17.4 Å². The van der Waals surface area contributed by atoms with Crippen molar-refractivity contribution < 1.29 is 9.84 Å². The van der Waals surface area contributed by atoms with Crippen molar-refractivity contribution in [2.75, 3.05) is 33.4 Å². The van der Waals surface area contributed by atoms with Crippen molar-refractivity contribution in [2.45, 2.75) is 32.4 Å². The predicted molar refractivity (Wildman–Crippen MR) is 90.2 cm³/mol. The number of hydrogen-bond acceptors (Lipinski definition) is 4. The highest BCUT2D eigenvalue weighted by atomic mass is 16.5. The molecule has 130 valence electrons. The van der Waals surface area contributed by atoms with Gasteiger partial charge in [-0.2, -0.15) is 5.10 Å². The number of aryl methyl sites for hydroxylation is 1. The maximum absolute atomic E-state index is 9.98. The molecule has 0 aromatic carbocycles. The van der Waals surface area contributed by atoms with Crippen molar-refractivity contribution in [3.05, 3.63) is 18.0 Å². The zero-order valence-corrected chi connectivity index (χ0v) is 14.4. The molecule has 0 spiro atoms. The number of aliphatic hydroxyl groups is 1. The topological polar surface area (TPSA) is 74.9 Å². The van der Waals surface area contributed by atoms with Crippen LogP contribution in [0.3, 0.4) is 0 Å². The first-order chi connectivity index (χ1) is 11.1. The van der Waals surface area contributed by atoms with Crippen LogP contribution in [0.1, 0.15) is 25.3 Å². The number of ether oxygens (including phenoxy) is 1. The molecule has 0 amide bonds. The molecular weight excluding hydrogens is 294 g/mol. The van der Waals surface area contributed by atoms with Crippen molar-refractivity contribution in [1.82, 2.24) is 20.0 Å². The lowest BCUT2D eigenvalue weighted by atomic mass is 10.3. The quantitative estimate of drug-likeness (QED) is 0.514. The molecule has 7 heteroatoms. The van der Waals surface area contributed by atoms with Gasteiger partial charge in [-0.15, -0.1) is 0 Å². The van der Waals surface area contributed by atoms with Crippen LogP contribution >= 0.6 is 0 Å². The minimum absolute atomic E-state index is 0.338. The molecule has 0 bridgehead atoms. The Labute approximate surface area is 138 Å². The summed E-state index contributed by atoms with van der Waals surface area (Å²) in [5.74, 6) is 1.49. The molecule has 0 radical (unpaired) electrons. The van der Waals surface area contributed by atoms with Gasteiger partial charge in [-0.3, -0.25) is 9.67 Å². The fraction of sp³-hybridized carbons (Fsp3) is 0.750. The maximum atomic E-state index is 9.98. The van der Waals surface area contributed by atoms with E-state index in [1.54, 1.807) is 4.68 Å². The lowest BCUT2D eigenvalue weighted by Crippen LogP contribution is -2.39. The summed E-state index contributed by atoms with van der Waals surface area (Å²) in [5, 5.41) is 17.4. The lowest BCUT2D eigenvalue weighted by molar-refractivity contribution is 0.0367. The average molecular weight is 323 g/mol. The van der Waals surface area contributed by atoms with Gasteiger partial charge in [0.15, 0.2) is 5.96 Å². The fourth-order valence-corrected chi connectivity index (χ4v) is 2.27. The van der Waals surface area contributed by atoms with E-state index in [2.05, 4.69) is 15.4 Å². The van der Waals surface area contributed by atoms with E-state index in [1.165, 1.54) is 12.8 Å². The van der Waals surface area contributed by atoms with Crippen LogP contribution in [0.5, 0.6) is 0 Å². The summed E-state index contributed by atoms with van der Waals surface area (Å²) in [5.41, 5.74) is 1.12. The van der Waals surface area contributed by atoms with E-state index in [-0.39, 0.29) is 0 Å². The molecule has 1 aromatic rings. The number of hydrogen-bond donors (Lipinski definition) is 2. The van der Waals surface area contributed by atoms with Crippen LogP contribution < -0.4 is 5.32 Å². The lowest BCUT2D eigenvalue weighted by Gasteiger charge is -2.22. The first-order valence-corrected chi connectivity index (χ1v) is 8.31. The molecule has 1 aliphatic rings. The molecule has 1 fully saturated rings. The highest BCUT2D eigenvalue weighted by molar-refractivity contribution is 5.79. The number of guanidine groups is 1. The number of rotatable bonds is 9. The van der Waals surface area contributed by atoms with E-state index >= 15 is 0 Å². The van der Waals surface area contributed by atoms with Gasteiger partial charge in [-0.05, 0) is 25.7 Å². The molecule has 2 rings (SSSR count). The van der Waals surface area contributed by atoms with E-state index in [9.17, 15) is 5.11 Å². The third-order valence-corrected chi connectivity index (χ3v) is 3.69. The number of aliphatic hydroxyl groups excluding tert-OH is 1. The van der Waals surface area contributed by atoms with Crippen LogP contribution in [0.2, 0.25) is 0 Å². The number of nitrogens with one attached hydrogen (secondary N) is 1. The standard InChI is InChI=1S/C16H29N5O2/c1-4-17-16(20(2)9-14-7-19-21(3)10-14)18-8-15(22)12-23-11-13-5-6-13/h7,10,13,15,22H,4-6,8-9,11-12H2,1-3H3,(H,17,18). The second-order valence-electron chi connectivity index (χ2n) is 6.21. The summed E-state index contributed by atoms with van der Waals surface area (Å²) in [6.07, 6.45) is 5.80. The minimum Gasteiger partial charge on any atom is -0.389 e. The fourth-order valence-electron chi connectivity index (χ4n) is 2.27. The molecular formula is C16H29N5O2. The number of nitrogens with zero attached hydrogens (tertiary/aromatic N) is 4. The Kier molecular flexibility index (Phi) is 6.85. The molecule has 0 aliphatic heterocycles. The van der Waals surface area contributed by atoms with Crippen molar-refractivity contribution in [2.24, 2.45) is 18.0 Å². The van der Waals surface area contributed by atoms with Gasteiger partial charge >= 0.3 is 0 Å². The molecule has 0 saturated heterocycles. The van der Waals surface area contributed by atoms with Gasteiger partial charge in [-0.1, -0.05) is 0 Å². The Bertz CT molecular complexity index is 498. The monoisotopic (exact) mass is 323 g/mol. The Balaban J connectivity index is 1.79. The summed E-state index contributed by atoms with van der Waals surface area (Å²) >= 11 is 0. The van der Waals surface area contributed by atoms with Crippen LogP contribution in [0.25, 0.3) is 0 Å². The van der Waals surface area contributed by atoms with E-state index in [0.29, 0.717) is 25.6 Å².